The Bertz CT molecular complexity index is 1450. The predicted molar refractivity (Wildman–Crippen MR) is 137 cm³/mol. The summed E-state index contributed by atoms with van der Waals surface area (Å²) in [5.74, 6) is -5.37. The van der Waals surface area contributed by atoms with Crippen LogP contribution in [-0.2, 0) is 32.1 Å². The van der Waals surface area contributed by atoms with Crippen molar-refractivity contribution in [1.82, 2.24) is 0 Å². The van der Waals surface area contributed by atoms with Crippen molar-refractivity contribution < 1.29 is 35.5 Å². The SMILES string of the molecule is C=CCCc1cc(F)c(CCc2ccc3c(F)c(CCc4cc(F)c(OC(F)F)c(F)c4)ccc3c2)c(F)c1. The Morgan fingerprint density at radius 3 is 1.92 bits per heavy atom. The van der Waals surface area contributed by atoms with Crippen LogP contribution >= 0.6 is 0 Å². The van der Waals surface area contributed by atoms with Crippen LogP contribution in [0.2, 0.25) is 0 Å². The molecule has 0 aliphatic carbocycles. The molecule has 0 heterocycles. The summed E-state index contributed by atoms with van der Waals surface area (Å²) < 4.78 is 101. The number of benzene rings is 4. The molecule has 0 aromatic heterocycles. The number of hydrogen-bond donors (Lipinski definition) is 0. The molecule has 204 valence electrons. The van der Waals surface area contributed by atoms with E-state index in [0.29, 0.717) is 41.2 Å². The van der Waals surface area contributed by atoms with Gasteiger partial charge >= 0.3 is 6.61 Å². The minimum Gasteiger partial charge on any atom is -0.429 e. The third-order valence-electron chi connectivity index (χ3n) is 6.55. The van der Waals surface area contributed by atoms with Gasteiger partial charge in [-0.1, -0.05) is 36.4 Å². The standard InChI is InChI=1S/C31H25F7O/c1-2-3-4-19-14-25(32)24(26(33)15-19)12-7-18-6-11-23-22(13-18)10-9-21(29(23)36)8-5-20-16-27(34)30(28(35)17-20)39-31(37)38/h2,6,9-11,13-17,31H,1,3-5,7-8,12H2. The van der Waals surface area contributed by atoms with Gasteiger partial charge in [0.25, 0.3) is 0 Å². The highest BCUT2D eigenvalue weighted by molar-refractivity contribution is 5.84. The Kier molecular flexibility index (Phi) is 8.94. The van der Waals surface area contributed by atoms with Gasteiger partial charge in [-0.2, -0.15) is 8.78 Å². The van der Waals surface area contributed by atoms with Crippen LogP contribution in [0.3, 0.4) is 0 Å². The van der Waals surface area contributed by atoms with Gasteiger partial charge in [-0.25, -0.2) is 22.0 Å². The van der Waals surface area contributed by atoms with E-state index in [0.717, 1.165) is 17.7 Å². The summed E-state index contributed by atoms with van der Waals surface area (Å²) in [6.45, 7) is 0.244. The molecule has 1 nitrogen and oxygen atoms in total. The lowest BCUT2D eigenvalue weighted by atomic mass is 9.96. The van der Waals surface area contributed by atoms with E-state index < -0.39 is 41.4 Å². The molecule has 0 N–H and O–H groups in total. The van der Waals surface area contributed by atoms with Crippen molar-refractivity contribution in [1.29, 1.82) is 0 Å². The van der Waals surface area contributed by atoms with E-state index in [-0.39, 0.29) is 30.4 Å². The smallest absolute Gasteiger partial charge is 0.387 e. The first-order valence-electron chi connectivity index (χ1n) is 12.4. The van der Waals surface area contributed by atoms with Crippen LogP contribution < -0.4 is 4.74 Å². The lowest BCUT2D eigenvalue weighted by Crippen LogP contribution is -2.06. The Morgan fingerprint density at radius 1 is 0.667 bits per heavy atom. The predicted octanol–water partition coefficient (Wildman–Crippen LogP) is 8.83. The number of allylic oxidation sites excluding steroid dienone is 1. The van der Waals surface area contributed by atoms with E-state index in [1.807, 2.05) is 0 Å². The highest BCUT2D eigenvalue weighted by Gasteiger charge is 2.18. The van der Waals surface area contributed by atoms with Crippen molar-refractivity contribution in [2.45, 2.75) is 45.1 Å². The third kappa shape index (κ3) is 6.80. The second kappa shape index (κ2) is 12.4. The Balaban J connectivity index is 1.45. The van der Waals surface area contributed by atoms with Gasteiger partial charge in [-0.05, 0) is 90.4 Å². The largest absolute Gasteiger partial charge is 0.429 e. The number of aryl methyl sites for hydroxylation is 4. The summed E-state index contributed by atoms with van der Waals surface area (Å²) in [7, 11) is 0. The Hall–Kier alpha value is -3.81. The van der Waals surface area contributed by atoms with E-state index in [9.17, 15) is 26.3 Å². The Morgan fingerprint density at radius 2 is 1.28 bits per heavy atom. The van der Waals surface area contributed by atoms with Gasteiger partial charge in [0.1, 0.15) is 17.5 Å². The molecule has 0 aliphatic rings. The number of fused-ring (bicyclic) bond motifs is 1. The van der Waals surface area contributed by atoms with Gasteiger partial charge in [-0.15, -0.1) is 6.58 Å². The van der Waals surface area contributed by atoms with Crippen molar-refractivity contribution in [3.8, 4) is 5.75 Å². The zero-order valence-electron chi connectivity index (χ0n) is 20.9. The molecule has 0 radical (unpaired) electrons. The summed E-state index contributed by atoms with van der Waals surface area (Å²) in [4.78, 5) is 0. The Labute approximate surface area is 221 Å². The zero-order chi connectivity index (χ0) is 28.1. The number of ether oxygens (including phenoxy) is 1. The van der Waals surface area contributed by atoms with Crippen molar-refractivity contribution >= 4 is 10.8 Å². The zero-order valence-corrected chi connectivity index (χ0v) is 20.9. The summed E-state index contributed by atoms with van der Waals surface area (Å²) in [6.07, 6.45) is 3.47. The molecule has 0 unspecified atom stereocenters. The van der Waals surface area contributed by atoms with Crippen LogP contribution in [0.1, 0.15) is 34.2 Å². The molecule has 0 saturated carbocycles. The third-order valence-corrected chi connectivity index (χ3v) is 6.55. The molecule has 39 heavy (non-hydrogen) atoms. The fourth-order valence-electron chi connectivity index (χ4n) is 4.55. The fourth-order valence-corrected chi connectivity index (χ4v) is 4.55. The van der Waals surface area contributed by atoms with Gasteiger partial charge in [0, 0.05) is 10.9 Å². The summed E-state index contributed by atoms with van der Waals surface area (Å²) in [6, 6.07) is 12.7. The number of hydrogen-bond acceptors (Lipinski definition) is 1. The molecule has 8 heteroatoms. The molecular formula is C31H25F7O. The minimum atomic E-state index is -3.37. The van der Waals surface area contributed by atoms with Crippen molar-refractivity contribution in [2.24, 2.45) is 0 Å². The van der Waals surface area contributed by atoms with Crippen LogP contribution in [0, 0.1) is 29.1 Å². The molecule has 4 rings (SSSR count). The lowest BCUT2D eigenvalue weighted by Gasteiger charge is -2.11. The molecule has 0 aliphatic heterocycles. The molecular weight excluding hydrogens is 521 g/mol. The van der Waals surface area contributed by atoms with E-state index in [1.165, 1.54) is 12.1 Å². The van der Waals surface area contributed by atoms with Crippen molar-refractivity contribution in [3.05, 3.63) is 124 Å². The van der Waals surface area contributed by atoms with Crippen LogP contribution in [0.15, 0.2) is 67.3 Å². The quantitative estimate of drug-likeness (QED) is 0.135. The first-order valence-corrected chi connectivity index (χ1v) is 12.4. The average molecular weight is 547 g/mol. The average Bonchev–Trinajstić information content (AvgIpc) is 2.88. The second-order valence-corrected chi connectivity index (χ2v) is 9.23. The maximum Gasteiger partial charge on any atom is 0.387 e. The van der Waals surface area contributed by atoms with Gasteiger partial charge in [-0.3, -0.25) is 0 Å². The fraction of sp³-hybridized carbons (Fsp3) is 0.226. The van der Waals surface area contributed by atoms with Crippen LogP contribution in [0.5, 0.6) is 5.75 Å². The molecule has 4 aromatic rings. The lowest BCUT2D eigenvalue weighted by molar-refractivity contribution is -0.0546. The van der Waals surface area contributed by atoms with Crippen molar-refractivity contribution in [3.63, 3.8) is 0 Å². The molecule has 0 saturated heterocycles. The topological polar surface area (TPSA) is 9.23 Å². The molecule has 4 aromatic carbocycles. The molecule has 0 bridgehead atoms. The first kappa shape index (κ1) is 28.2. The van der Waals surface area contributed by atoms with E-state index in [1.54, 1.807) is 36.4 Å². The normalized spacial score (nSPS) is 11.4. The minimum absolute atomic E-state index is 0.000605. The highest BCUT2D eigenvalue weighted by Crippen LogP contribution is 2.28. The number of alkyl halides is 2. The monoisotopic (exact) mass is 546 g/mol. The summed E-state index contributed by atoms with van der Waals surface area (Å²) in [5, 5.41) is 0.929. The maximum atomic E-state index is 15.2. The molecule has 0 atom stereocenters. The van der Waals surface area contributed by atoms with Gasteiger partial charge in [0.2, 0.25) is 0 Å². The summed E-state index contributed by atoms with van der Waals surface area (Å²) >= 11 is 0. The number of rotatable bonds is 11. The maximum absolute atomic E-state index is 15.2. The van der Waals surface area contributed by atoms with Gasteiger partial charge in [0.05, 0.1) is 0 Å². The van der Waals surface area contributed by atoms with Gasteiger partial charge in [0.15, 0.2) is 17.4 Å². The van der Waals surface area contributed by atoms with Crippen LogP contribution in [-0.4, -0.2) is 6.61 Å². The van der Waals surface area contributed by atoms with Crippen LogP contribution in [0.25, 0.3) is 10.8 Å². The van der Waals surface area contributed by atoms with E-state index >= 15 is 4.39 Å². The van der Waals surface area contributed by atoms with E-state index in [2.05, 4.69) is 11.3 Å². The summed E-state index contributed by atoms with van der Waals surface area (Å²) in [5.41, 5.74) is 1.82. The highest BCUT2D eigenvalue weighted by atomic mass is 19.3. The van der Waals surface area contributed by atoms with Gasteiger partial charge < -0.3 is 4.74 Å². The van der Waals surface area contributed by atoms with Crippen molar-refractivity contribution in [2.75, 3.05) is 0 Å². The van der Waals surface area contributed by atoms with Crippen LogP contribution in [0.4, 0.5) is 30.7 Å². The second-order valence-electron chi connectivity index (χ2n) is 9.23. The van der Waals surface area contributed by atoms with E-state index in [4.69, 9.17) is 0 Å². The molecule has 0 fully saturated rings. The number of halogens is 7. The molecule has 0 spiro atoms. The molecule has 0 amide bonds. The first-order chi connectivity index (χ1) is 18.7.